The van der Waals surface area contributed by atoms with Gasteiger partial charge in [0.2, 0.25) is 0 Å². The number of H-pyrrole nitrogens is 1. The van der Waals surface area contributed by atoms with E-state index in [1.54, 1.807) is 17.4 Å². The summed E-state index contributed by atoms with van der Waals surface area (Å²) in [6.07, 6.45) is 8.09. The number of nitrogens with one attached hydrogen (secondary N) is 1. The first kappa shape index (κ1) is 15.5. The number of aryl methyl sites for hydroxylation is 1. The standard InChI is InChI=1S/C19H20N4O2/c1-13-17(15-11-21-16-6-3-2-5-14(15)16)18(24)19(25)23(13)9-4-8-22-10-7-20-12-22/h2-3,5-7,10-13,21,24H,4,8-9H2,1H3. The lowest BCUT2D eigenvalue weighted by molar-refractivity contribution is -0.129. The van der Waals surface area contributed by atoms with E-state index in [1.165, 1.54) is 0 Å². The fraction of sp³-hybridized carbons (Fsp3) is 0.263. The molecule has 0 spiro atoms. The number of hydrogen-bond donors (Lipinski definition) is 2. The molecule has 128 valence electrons. The van der Waals surface area contributed by atoms with Gasteiger partial charge in [-0.25, -0.2) is 4.98 Å². The maximum atomic E-state index is 12.5. The van der Waals surface area contributed by atoms with Gasteiger partial charge in [-0.15, -0.1) is 0 Å². The fourth-order valence-corrected chi connectivity index (χ4v) is 3.57. The first-order chi connectivity index (χ1) is 12.2. The van der Waals surface area contributed by atoms with Crippen molar-refractivity contribution in [2.24, 2.45) is 0 Å². The molecule has 6 nitrogen and oxygen atoms in total. The number of rotatable bonds is 5. The highest BCUT2D eigenvalue weighted by molar-refractivity contribution is 6.08. The molecule has 0 saturated carbocycles. The monoisotopic (exact) mass is 336 g/mol. The minimum absolute atomic E-state index is 0.139. The number of carbonyl (C=O) groups is 1. The van der Waals surface area contributed by atoms with Gasteiger partial charge in [0.1, 0.15) is 0 Å². The highest BCUT2D eigenvalue weighted by Crippen LogP contribution is 2.36. The third-order valence-electron chi connectivity index (χ3n) is 4.86. The second-order valence-corrected chi connectivity index (χ2v) is 6.34. The van der Waals surface area contributed by atoms with Crippen LogP contribution in [0, 0.1) is 0 Å². The molecule has 1 atom stereocenters. The molecule has 0 fully saturated rings. The van der Waals surface area contributed by atoms with Crippen molar-refractivity contribution >= 4 is 22.4 Å². The van der Waals surface area contributed by atoms with Gasteiger partial charge in [0, 0.05) is 53.7 Å². The number of amides is 1. The number of aliphatic hydroxyl groups is 1. The Balaban J connectivity index is 1.56. The topological polar surface area (TPSA) is 74.2 Å². The van der Waals surface area contributed by atoms with Crippen LogP contribution in [0.15, 0.2) is 54.9 Å². The Kier molecular flexibility index (Phi) is 3.80. The molecule has 6 heteroatoms. The maximum absolute atomic E-state index is 12.5. The van der Waals surface area contributed by atoms with Gasteiger partial charge in [0.15, 0.2) is 5.76 Å². The number of aliphatic hydroxyl groups excluding tert-OH is 1. The van der Waals surface area contributed by atoms with Crippen LogP contribution in [-0.2, 0) is 11.3 Å². The molecule has 1 amide bonds. The van der Waals surface area contributed by atoms with Crippen molar-refractivity contribution in [3.8, 4) is 0 Å². The van der Waals surface area contributed by atoms with Crippen LogP contribution in [0.25, 0.3) is 16.5 Å². The van der Waals surface area contributed by atoms with Crippen molar-refractivity contribution in [3.63, 3.8) is 0 Å². The molecule has 25 heavy (non-hydrogen) atoms. The van der Waals surface area contributed by atoms with Gasteiger partial charge in [-0.3, -0.25) is 4.79 Å². The summed E-state index contributed by atoms with van der Waals surface area (Å²) in [5, 5.41) is 11.5. The number of imidazole rings is 1. The first-order valence-corrected chi connectivity index (χ1v) is 8.43. The van der Waals surface area contributed by atoms with E-state index in [1.807, 2.05) is 48.1 Å². The average Bonchev–Trinajstić information content (AvgIpc) is 3.32. The van der Waals surface area contributed by atoms with Crippen molar-refractivity contribution in [2.45, 2.75) is 25.9 Å². The molecular formula is C19H20N4O2. The van der Waals surface area contributed by atoms with Crippen LogP contribution >= 0.6 is 0 Å². The predicted molar refractivity (Wildman–Crippen MR) is 95.9 cm³/mol. The second kappa shape index (κ2) is 6.12. The van der Waals surface area contributed by atoms with Crippen LogP contribution in [0.4, 0.5) is 0 Å². The fourth-order valence-electron chi connectivity index (χ4n) is 3.57. The molecule has 2 N–H and O–H groups in total. The number of fused-ring (bicyclic) bond motifs is 1. The van der Waals surface area contributed by atoms with Crippen molar-refractivity contribution < 1.29 is 9.90 Å². The van der Waals surface area contributed by atoms with Crippen LogP contribution in [0.5, 0.6) is 0 Å². The minimum Gasteiger partial charge on any atom is -0.503 e. The SMILES string of the molecule is CC1C(c2c[nH]c3ccccc23)=C(O)C(=O)N1CCCn1ccnc1. The third kappa shape index (κ3) is 2.59. The molecule has 3 heterocycles. The number of benzene rings is 1. The molecule has 0 radical (unpaired) electrons. The number of aromatic amines is 1. The van der Waals surface area contributed by atoms with Gasteiger partial charge < -0.3 is 19.6 Å². The zero-order chi connectivity index (χ0) is 17.4. The lowest BCUT2D eigenvalue weighted by Gasteiger charge is -2.23. The summed E-state index contributed by atoms with van der Waals surface area (Å²) in [6.45, 7) is 3.35. The lowest BCUT2D eigenvalue weighted by atomic mass is 10.00. The largest absolute Gasteiger partial charge is 0.503 e. The van der Waals surface area contributed by atoms with E-state index in [0.717, 1.165) is 29.4 Å². The third-order valence-corrected chi connectivity index (χ3v) is 4.86. The van der Waals surface area contributed by atoms with Crippen LogP contribution in [0.3, 0.4) is 0 Å². The highest BCUT2D eigenvalue weighted by atomic mass is 16.3. The Labute approximate surface area is 145 Å². The first-order valence-electron chi connectivity index (χ1n) is 8.43. The van der Waals surface area contributed by atoms with Gasteiger partial charge in [-0.05, 0) is 19.4 Å². The predicted octanol–water partition coefficient (Wildman–Crippen LogP) is 2.95. The van der Waals surface area contributed by atoms with Crippen molar-refractivity contribution in [1.82, 2.24) is 19.4 Å². The normalized spacial score (nSPS) is 17.9. The Morgan fingerprint density at radius 2 is 2.12 bits per heavy atom. The number of nitrogens with zero attached hydrogens (tertiary/aromatic N) is 3. The Bertz CT molecular complexity index is 939. The van der Waals surface area contributed by atoms with E-state index >= 15 is 0 Å². The smallest absolute Gasteiger partial charge is 0.289 e. The highest BCUT2D eigenvalue weighted by Gasteiger charge is 2.37. The van der Waals surface area contributed by atoms with Gasteiger partial charge in [-0.2, -0.15) is 0 Å². The average molecular weight is 336 g/mol. The van der Waals surface area contributed by atoms with Crippen LogP contribution in [0.1, 0.15) is 18.9 Å². The molecule has 0 saturated heterocycles. The van der Waals surface area contributed by atoms with Gasteiger partial charge in [0.25, 0.3) is 5.91 Å². The van der Waals surface area contributed by atoms with E-state index in [2.05, 4.69) is 9.97 Å². The maximum Gasteiger partial charge on any atom is 0.289 e. The van der Waals surface area contributed by atoms with Crippen molar-refractivity contribution in [1.29, 1.82) is 0 Å². The molecule has 4 rings (SSSR count). The molecule has 1 aliphatic rings. The summed E-state index contributed by atoms with van der Waals surface area (Å²) in [4.78, 5) is 21.5. The van der Waals surface area contributed by atoms with E-state index in [0.29, 0.717) is 12.1 Å². The van der Waals surface area contributed by atoms with E-state index in [-0.39, 0.29) is 17.7 Å². The Morgan fingerprint density at radius 3 is 2.92 bits per heavy atom. The number of hydrogen-bond acceptors (Lipinski definition) is 3. The van der Waals surface area contributed by atoms with Crippen molar-refractivity contribution in [2.75, 3.05) is 6.54 Å². The summed E-state index contributed by atoms with van der Waals surface area (Å²) < 4.78 is 1.99. The molecule has 1 aliphatic heterocycles. The molecule has 1 aromatic carbocycles. The van der Waals surface area contributed by atoms with Crippen LogP contribution < -0.4 is 0 Å². The number of aromatic nitrogens is 3. The molecule has 0 bridgehead atoms. The zero-order valence-corrected chi connectivity index (χ0v) is 14.0. The quantitative estimate of drug-likeness (QED) is 0.752. The van der Waals surface area contributed by atoms with Gasteiger partial charge >= 0.3 is 0 Å². The Morgan fingerprint density at radius 1 is 1.28 bits per heavy atom. The molecule has 0 aliphatic carbocycles. The van der Waals surface area contributed by atoms with Crippen molar-refractivity contribution in [3.05, 3.63) is 60.5 Å². The van der Waals surface area contributed by atoms with E-state index in [9.17, 15) is 9.90 Å². The second-order valence-electron chi connectivity index (χ2n) is 6.34. The lowest BCUT2D eigenvalue weighted by Crippen LogP contribution is -2.34. The summed E-state index contributed by atoms with van der Waals surface area (Å²) >= 11 is 0. The summed E-state index contributed by atoms with van der Waals surface area (Å²) in [6, 6.07) is 7.75. The zero-order valence-electron chi connectivity index (χ0n) is 14.0. The summed E-state index contributed by atoms with van der Waals surface area (Å²) in [7, 11) is 0. The van der Waals surface area contributed by atoms with Gasteiger partial charge in [0.05, 0.1) is 12.4 Å². The minimum atomic E-state index is -0.293. The molecular weight excluding hydrogens is 316 g/mol. The molecule has 3 aromatic rings. The van der Waals surface area contributed by atoms with Crippen LogP contribution in [-0.4, -0.2) is 43.0 Å². The number of para-hydroxylation sites is 1. The van der Waals surface area contributed by atoms with Crippen LogP contribution in [0.2, 0.25) is 0 Å². The summed E-state index contributed by atoms with van der Waals surface area (Å²) in [5.41, 5.74) is 2.59. The summed E-state index contributed by atoms with van der Waals surface area (Å²) in [5.74, 6) is -0.432. The molecule has 2 aromatic heterocycles. The molecule has 1 unspecified atom stereocenters. The van der Waals surface area contributed by atoms with E-state index < -0.39 is 0 Å². The van der Waals surface area contributed by atoms with E-state index in [4.69, 9.17) is 0 Å². The van der Waals surface area contributed by atoms with Gasteiger partial charge in [-0.1, -0.05) is 18.2 Å². The number of carbonyl (C=O) groups excluding carboxylic acids is 1. The Hall–Kier alpha value is -3.02.